The lowest BCUT2D eigenvalue weighted by Gasteiger charge is -2.43. The maximum absolute atomic E-state index is 12.9. The van der Waals surface area contributed by atoms with Gasteiger partial charge in [-0.1, -0.05) is 6.07 Å². The molecule has 0 unspecified atom stereocenters. The number of phenolic OH excluding ortho intramolecular Hbond substituents is 1. The molecule has 142 valence electrons. The average Bonchev–Trinajstić information content (AvgIpc) is 2.90. The standard InChI is InChI=1S/C17H22N2O6S/c1-11-3-4-12(7-15(11)20)17(22)19-6-5-18(16(21)8-25-2)13-9-26(23,24)10-14(13)19/h3-4,7,13-14,20H,5-6,8-10H2,1-2H3/t13-,14+/m1/s1. The van der Waals surface area contributed by atoms with Crippen molar-refractivity contribution in [2.24, 2.45) is 0 Å². The normalized spacial score (nSPS) is 24.4. The van der Waals surface area contributed by atoms with Gasteiger partial charge in [0.15, 0.2) is 9.84 Å². The Kier molecular flexibility index (Phi) is 4.94. The molecule has 0 aromatic heterocycles. The Hall–Kier alpha value is -2.13. The molecular formula is C17H22N2O6S. The molecule has 2 atom stereocenters. The van der Waals surface area contributed by atoms with E-state index in [0.29, 0.717) is 11.1 Å². The SMILES string of the molecule is COCC(=O)N1CCN(C(=O)c2ccc(C)c(O)c2)[C@H]2CS(=O)(=O)C[C@H]21. The van der Waals surface area contributed by atoms with Crippen molar-refractivity contribution >= 4 is 21.7 Å². The molecule has 26 heavy (non-hydrogen) atoms. The van der Waals surface area contributed by atoms with Gasteiger partial charge in [0.25, 0.3) is 5.91 Å². The van der Waals surface area contributed by atoms with E-state index in [4.69, 9.17) is 4.74 Å². The van der Waals surface area contributed by atoms with E-state index >= 15 is 0 Å². The molecule has 2 saturated heterocycles. The molecule has 1 aromatic rings. The Balaban J connectivity index is 1.89. The molecule has 2 aliphatic rings. The molecule has 2 fully saturated rings. The van der Waals surface area contributed by atoms with E-state index in [1.54, 1.807) is 19.1 Å². The van der Waals surface area contributed by atoms with E-state index in [2.05, 4.69) is 0 Å². The third-order valence-electron chi connectivity index (χ3n) is 4.98. The van der Waals surface area contributed by atoms with Crippen molar-refractivity contribution in [3.05, 3.63) is 29.3 Å². The van der Waals surface area contributed by atoms with E-state index in [1.165, 1.54) is 23.0 Å². The van der Waals surface area contributed by atoms with Crippen LogP contribution in [-0.4, -0.2) is 85.5 Å². The minimum absolute atomic E-state index is 0.0142. The van der Waals surface area contributed by atoms with Crippen LogP contribution in [0.4, 0.5) is 0 Å². The minimum Gasteiger partial charge on any atom is -0.508 e. The van der Waals surface area contributed by atoms with Crippen molar-refractivity contribution in [3.8, 4) is 5.75 Å². The van der Waals surface area contributed by atoms with Crippen LogP contribution in [0.25, 0.3) is 0 Å². The van der Waals surface area contributed by atoms with Gasteiger partial charge in [-0.3, -0.25) is 9.59 Å². The highest BCUT2D eigenvalue weighted by atomic mass is 32.2. The smallest absolute Gasteiger partial charge is 0.254 e. The third-order valence-corrected chi connectivity index (χ3v) is 6.68. The number of aromatic hydroxyl groups is 1. The highest BCUT2D eigenvalue weighted by molar-refractivity contribution is 7.91. The van der Waals surface area contributed by atoms with Gasteiger partial charge in [-0.25, -0.2) is 8.42 Å². The molecule has 0 saturated carbocycles. The Morgan fingerprint density at radius 2 is 1.81 bits per heavy atom. The number of phenols is 1. The van der Waals surface area contributed by atoms with Crippen LogP contribution in [0, 0.1) is 6.92 Å². The van der Waals surface area contributed by atoms with Crippen LogP contribution in [0.1, 0.15) is 15.9 Å². The molecule has 2 aliphatic heterocycles. The molecule has 1 aromatic carbocycles. The second-order valence-electron chi connectivity index (χ2n) is 6.73. The summed E-state index contributed by atoms with van der Waals surface area (Å²) in [6.45, 7) is 2.09. The summed E-state index contributed by atoms with van der Waals surface area (Å²) in [4.78, 5) is 28.2. The third kappa shape index (κ3) is 3.41. The summed E-state index contributed by atoms with van der Waals surface area (Å²) >= 11 is 0. The predicted octanol–water partition coefficient (Wildman–Crippen LogP) is -0.203. The first-order valence-corrected chi connectivity index (χ1v) is 10.1. The molecule has 9 heteroatoms. The molecule has 2 heterocycles. The van der Waals surface area contributed by atoms with Gasteiger partial charge in [0.05, 0.1) is 23.6 Å². The number of piperazine rings is 1. The van der Waals surface area contributed by atoms with Gasteiger partial charge in [-0.2, -0.15) is 0 Å². The van der Waals surface area contributed by atoms with Gasteiger partial charge in [-0.15, -0.1) is 0 Å². The number of methoxy groups -OCH3 is 1. The number of ether oxygens (including phenoxy) is 1. The van der Waals surface area contributed by atoms with Crippen molar-refractivity contribution in [3.63, 3.8) is 0 Å². The zero-order valence-electron chi connectivity index (χ0n) is 14.7. The molecule has 0 bridgehead atoms. The summed E-state index contributed by atoms with van der Waals surface area (Å²) < 4.78 is 29.2. The van der Waals surface area contributed by atoms with Crippen molar-refractivity contribution in [2.45, 2.75) is 19.0 Å². The van der Waals surface area contributed by atoms with Crippen molar-refractivity contribution < 1.29 is 27.9 Å². The summed E-state index contributed by atoms with van der Waals surface area (Å²) in [7, 11) is -1.94. The monoisotopic (exact) mass is 382 g/mol. The van der Waals surface area contributed by atoms with E-state index in [-0.39, 0.29) is 48.8 Å². The average molecular weight is 382 g/mol. The summed E-state index contributed by atoms with van der Waals surface area (Å²) in [5.41, 5.74) is 0.950. The number of benzene rings is 1. The largest absolute Gasteiger partial charge is 0.508 e. The van der Waals surface area contributed by atoms with Gasteiger partial charge in [0.1, 0.15) is 12.4 Å². The Labute approximate surface area is 152 Å². The molecule has 0 radical (unpaired) electrons. The molecule has 1 N–H and O–H groups in total. The highest BCUT2D eigenvalue weighted by Gasteiger charge is 2.49. The van der Waals surface area contributed by atoms with Crippen LogP contribution < -0.4 is 0 Å². The Morgan fingerprint density at radius 3 is 2.42 bits per heavy atom. The summed E-state index contributed by atoms with van der Waals surface area (Å²) in [6.07, 6.45) is 0. The van der Waals surface area contributed by atoms with Gasteiger partial charge in [-0.05, 0) is 24.6 Å². The highest BCUT2D eigenvalue weighted by Crippen LogP contribution is 2.29. The molecular weight excluding hydrogens is 360 g/mol. The van der Waals surface area contributed by atoms with Crippen LogP contribution in [0.5, 0.6) is 5.75 Å². The quantitative estimate of drug-likeness (QED) is 0.776. The van der Waals surface area contributed by atoms with E-state index in [0.717, 1.165) is 0 Å². The number of hydrogen-bond donors (Lipinski definition) is 1. The topological polar surface area (TPSA) is 104 Å². The molecule has 8 nitrogen and oxygen atoms in total. The number of amides is 2. The fraction of sp³-hybridized carbons (Fsp3) is 0.529. The summed E-state index contributed by atoms with van der Waals surface area (Å²) in [5.74, 6) is -0.931. The van der Waals surface area contributed by atoms with Crippen LogP contribution >= 0.6 is 0 Å². The zero-order chi connectivity index (χ0) is 19.1. The van der Waals surface area contributed by atoms with E-state index < -0.39 is 21.9 Å². The molecule has 0 aliphatic carbocycles. The number of sulfone groups is 1. The second kappa shape index (κ2) is 6.88. The first kappa shape index (κ1) is 18.7. The van der Waals surface area contributed by atoms with Gasteiger partial charge >= 0.3 is 0 Å². The fourth-order valence-corrected chi connectivity index (χ4v) is 5.61. The van der Waals surface area contributed by atoms with Crippen molar-refractivity contribution in [2.75, 3.05) is 38.3 Å². The number of fused-ring (bicyclic) bond motifs is 1. The summed E-state index contributed by atoms with van der Waals surface area (Å²) in [6, 6.07) is 3.48. The van der Waals surface area contributed by atoms with Gasteiger partial charge < -0.3 is 19.6 Å². The van der Waals surface area contributed by atoms with Crippen LogP contribution in [-0.2, 0) is 19.4 Å². The first-order chi connectivity index (χ1) is 12.2. The van der Waals surface area contributed by atoms with Crippen molar-refractivity contribution in [1.29, 1.82) is 0 Å². The Bertz CT molecular complexity index is 838. The zero-order valence-corrected chi connectivity index (χ0v) is 15.5. The van der Waals surface area contributed by atoms with Gasteiger partial charge in [0, 0.05) is 25.8 Å². The maximum Gasteiger partial charge on any atom is 0.254 e. The lowest BCUT2D eigenvalue weighted by Crippen LogP contribution is -2.62. The maximum atomic E-state index is 12.9. The van der Waals surface area contributed by atoms with Crippen LogP contribution in [0.2, 0.25) is 0 Å². The lowest BCUT2D eigenvalue weighted by molar-refractivity contribution is -0.140. The number of rotatable bonds is 3. The van der Waals surface area contributed by atoms with Crippen LogP contribution in [0.15, 0.2) is 18.2 Å². The number of nitrogens with zero attached hydrogens (tertiary/aromatic N) is 2. The second-order valence-corrected chi connectivity index (χ2v) is 8.89. The molecule has 2 amide bonds. The number of hydrogen-bond acceptors (Lipinski definition) is 6. The summed E-state index contributed by atoms with van der Waals surface area (Å²) in [5, 5.41) is 9.86. The number of aryl methyl sites for hydroxylation is 1. The molecule has 3 rings (SSSR count). The first-order valence-electron chi connectivity index (χ1n) is 8.33. The Morgan fingerprint density at radius 1 is 1.19 bits per heavy atom. The number of carbonyl (C=O) groups is 2. The van der Waals surface area contributed by atoms with Crippen LogP contribution in [0.3, 0.4) is 0 Å². The lowest BCUT2D eigenvalue weighted by atomic mass is 10.0. The van der Waals surface area contributed by atoms with E-state index in [9.17, 15) is 23.1 Å². The fourth-order valence-electron chi connectivity index (χ4n) is 3.63. The molecule has 0 spiro atoms. The van der Waals surface area contributed by atoms with Gasteiger partial charge in [0.2, 0.25) is 5.91 Å². The minimum atomic E-state index is -3.35. The number of carbonyl (C=O) groups excluding carboxylic acids is 2. The predicted molar refractivity (Wildman–Crippen MR) is 93.7 cm³/mol. The van der Waals surface area contributed by atoms with E-state index in [1.807, 2.05) is 0 Å². The van der Waals surface area contributed by atoms with Crippen molar-refractivity contribution in [1.82, 2.24) is 9.80 Å².